The van der Waals surface area contributed by atoms with Crippen molar-refractivity contribution in [3.05, 3.63) is 58.6 Å². The molecule has 0 unspecified atom stereocenters. The highest BCUT2D eigenvalue weighted by Crippen LogP contribution is 2.22. The molecular weight excluding hydrogens is 390 g/mol. The molecule has 29 heavy (non-hydrogen) atoms. The van der Waals surface area contributed by atoms with Gasteiger partial charge in [0.1, 0.15) is 18.0 Å². The van der Waals surface area contributed by atoms with Gasteiger partial charge in [-0.1, -0.05) is 23.7 Å². The molecule has 0 atom stereocenters. The van der Waals surface area contributed by atoms with Crippen LogP contribution in [0, 0.1) is 0 Å². The van der Waals surface area contributed by atoms with E-state index >= 15 is 0 Å². The van der Waals surface area contributed by atoms with Crippen LogP contribution < -0.4 is 15.1 Å². The number of nitrogens with one attached hydrogen (secondary N) is 2. The molecule has 1 amide bonds. The highest BCUT2D eigenvalue weighted by atomic mass is 35.5. The summed E-state index contributed by atoms with van der Waals surface area (Å²) in [4.78, 5) is 13.5. The zero-order valence-corrected chi connectivity index (χ0v) is 17.3. The van der Waals surface area contributed by atoms with Gasteiger partial charge >= 0.3 is 0 Å². The third-order valence-corrected chi connectivity index (χ3v) is 5.35. The van der Waals surface area contributed by atoms with E-state index in [0.717, 1.165) is 30.8 Å². The molecule has 2 aromatic carbocycles. The number of rotatable bonds is 7. The second kappa shape index (κ2) is 10.3. The first-order chi connectivity index (χ1) is 14.0. The van der Waals surface area contributed by atoms with Crippen molar-refractivity contribution in [1.82, 2.24) is 5.43 Å². The number of para-hydroxylation sites is 1. The summed E-state index contributed by atoms with van der Waals surface area (Å²) in [5.74, 6) is 0.381. The maximum Gasteiger partial charge on any atom is 0.277 e. The minimum absolute atomic E-state index is 0.181. The average molecular weight is 417 g/mol. The number of hydrogen-bond donors (Lipinski definition) is 3. The predicted molar refractivity (Wildman–Crippen MR) is 114 cm³/mol. The third-order valence-electron chi connectivity index (χ3n) is 5.04. The van der Waals surface area contributed by atoms with E-state index in [-0.39, 0.29) is 12.5 Å². The molecule has 1 aliphatic heterocycles. The van der Waals surface area contributed by atoms with E-state index in [9.17, 15) is 9.90 Å². The summed E-state index contributed by atoms with van der Waals surface area (Å²) < 4.78 is 5.41. The van der Waals surface area contributed by atoms with E-state index in [1.807, 2.05) is 13.0 Å². The highest BCUT2D eigenvalue weighted by molar-refractivity contribution is 6.32. The van der Waals surface area contributed by atoms with Gasteiger partial charge in [0.05, 0.1) is 23.8 Å². The zero-order valence-electron chi connectivity index (χ0n) is 16.6. The Morgan fingerprint density at radius 1 is 1.21 bits per heavy atom. The Hall–Kier alpha value is -2.57. The fourth-order valence-corrected chi connectivity index (χ4v) is 3.59. The van der Waals surface area contributed by atoms with Crippen LogP contribution in [0.2, 0.25) is 5.02 Å². The number of amides is 1. The summed E-state index contributed by atoms with van der Waals surface area (Å²) in [5, 5.41) is 14.8. The van der Waals surface area contributed by atoms with Gasteiger partial charge in [-0.05, 0) is 62.1 Å². The van der Waals surface area contributed by atoms with E-state index in [1.54, 1.807) is 36.4 Å². The molecule has 0 bridgehead atoms. The molecule has 2 aromatic rings. The number of ether oxygens (including phenoxy) is 1. The number of quaternary nitrogens is 1. The topological polar surface area (TPSA) is 75.4 Å². The lowest BCUT2D eigenvalue weighted by Gasteiger charge is -2.24. The standard InChI is InChI=1S/C22H26ClN3O3/c1-16(24-25-22(28)15-29-21-8-4-3-7-19(21)23)17-9-10-20(27)18(13-17)14-26-11-5-2-6-12-26/h3-4,7-10,13,27H,2,5-6,11-12,14-15H2,1H3,(H,25,28)/p+1/b24-16+. The van der Waals surface area contributed by atoms with Gasteiger partial charge in [-0.25, -0.2) is 5.43 Å². The molecule has 6 nitrogen and oxygen atoms in total. The lowest BCUT2D eigenvalue weighted by atomic mass is 10.0. The summed E-state index contributed by atoms with van der Waals surface area (Å²) in [7, 11) is 0. The van der Waals surface area contributed by atoms with Crippen LogP contribution in [0.5, 0.6) is 11.5 Å². The minimum atomic E-state index is -0.374. The number of likely N-dealkylation sites (tertiary alicyclic amines) is 1. The van der Waals surface area contributed by atoms with Crippen molar-refractivity contribution in [2.75, 3.05) is 19.7 Å². The largest absolute Gasteiger partial charge is 0.507 e. The molecular formula is C22H27ClN3O3+. The summed E-state index contributed by atoms with van der Waals surface area (Å²) in [5.41, 5.74) is 4.93. The van der Waals surface area contributed by atoms with Crippen molar-refractivity contribution in [3.8, 4) is 11.5 Å². The Bertz CT molecular complexity index is 879. The Morgan fingerprint density at radius 2 is 1.97 bits per heavy atom. The van der Waals surface area contributed by atoms with Crippen LogP contribution in [0.1, 0.15) is 37.3 Å². The van der Waals surface area contributed by atoms with Crippen molar-refractivity contribution in [3.63, 3.8) is 0 Å². The van der Waals surface area contributed by atoms with Crippen molar-refractivity contribution >= 4 is 23.2 Å². The lowest BCUT2D eigenvalue weighted by molar-refractivity contribution is -0.918. The Balaban J connectivity index is 1.58. The quantitative estimate of drug-likeness (QED) is 0.479. The molecule has 1 aliphatic rings. The van der Waals surface area contributed by atoms with Crippen LogP contribution in [0.3, 0.4) is 0 Å². The number of phenols is 1. The van der Waals surface area contributed by atoms with Gasteiger partial charge < -0.3 is 14.7 Å². The first kappa shape index (κ1) is 21.1. The van der Waals surface area contributed by atoms with Crippen LogP contribution >= 0.6 is 11.6 Å². The van der Waals surface area contributed by atoms with Gasteiger partial charge in [0.25, 0.3) is 5.91 Å². The number of phenolic OH excluding ortho intramolecular Hbond substituents is 1. The Morgan fingerprint density at radius 3 is 2.72 bits per heavy atom. The van der Waals surface area contributed by atoms with Gasteiger partial charge in [0.2, 0.25) is 0 Å². The molecule has 154 valence electrons. The number of nitrogens with zero attached hydrogens (tertiary/aromatic N) is 1. The van der Waals surface area contributed by atoms with Crippen molar-refractivity contribution in [2.45, 2.75) is 32.7 Å². The van der Waals surface area contributed by atoms with E-state index in [0.29, 0.717) is 22.2 Å². The van der Waals surface area contributed by atoms with E-state index in [4.69, 9.17) is 16.3 Å². The van der Waals surface area contributed by atoms with Crippen molar-refractivity contribution in [1.29, 1.82) is 0 Å². The fourth-order valence-electron chi connectivity index (χ4n) is 3.40. The van der Waals surface area contributed by atoms with Crippen LogP contribution in [-0.2, 0) is 11.3 Å². The second-order valence-electron chi connectivity index (χ2n) is 7.28. The first-order valence-corrected chi connectivity index (χ1v) is 10.3. The van der Waals surface area contributed by atoms with Gasteiger partial charge in [0, 0.05) is 5.56 Å². The number of hydrazone groups is 1. The van der Waals surface area contributed by atoms with Crippen LogP contribution in [0.4, 0.5) is 0 Å². The number of halogens is 1. The zero-order chi connectivity index (χ0) is 20.6. The molecule has 0 saturated carbocycles. The second-order valence-corrected chi connectivity index (χ2v) is 7.69. The van der Waals surface area contributed by atoms with Crippen LogP contribution in [0.15, 0.2) is 47.6 Å². The molecule has 0 aliphatic carbocycles. The summed E-state index contributed by atoms with van der Waals surface area (Å²) in [6.45, 7) is 4.71. The van der Waals surface area contributed by atoms with Crippen LogP contribution in [-0.4, -0.2) is 36.4 Å². The van der Waals surface area contributed by atoms with E-state index in [2.05, 4.69) is 10.5 Å². The fraction of sp³-hybridized carbons (Fsp3) is 0.364. The summed E-state index contributed by atoms with van der Waals surface area (Å²) >= 11 is 6.01. The molecule has 3 rings (SSSR count). The smallest absolute Gasteiger partial charge is 0.277 e. The number of piperidine rings is 1. The molecule has 1 fully saturated rings. The predicted octanol–water partition coefficient (Wildman–Crippen LogP) is 2.53. The molecule has 1 heterocycles. The Kier molecular flexibility index (Phi) is 7.49. The average Bonchev–Trinajstić information content (AvgIpc) is 2.73. The molecule has 7 heteroatoms. The van der Waals surface area contributed by atoms with Gasteiger partial charge in [-0.2, -0.15) is 5.10 Å². The van der Waals surface area contributed by atoms with Crippen molar-refractivity contribution in [2.24, 2.45) is 5.10 Å². The van der Waals surface area contributed by atoms with Crippen molar-refractivity contribution < 1.29 is 19.5 Å². The number of hydrogen-bond acceptors (Lipinski definition) is 4. The third kappa shape index (κ3) is 6.21. The highest BCUT2D eigenvalue weighted by Gasteiger charge is 2.16. The first-order valence-electron chi connectivity index (χ1n) is 9.89. The number of carbonyl (C=O) groups is 1. The molecule has 0 radical (unpaired) electrons. The summed E-state index contributed by atoms with van der Waals surface area (Å²) in [6, 6.07) is 12.4. The maximum absolute atomic E-state index is 12.0. The molecule has 0 aromatic heterocycles. The number of carbonyl (C=O) groups excluding carboxylic acids is 1. The van der Waals surface area contributed by atoms with E-state index in [1.165, 1.54) is 24.2 Å². The normalized spacial score (nSPS) is 15.2. The van der Waals surface area contributed by atoms with E-state index < -0.39 is 0 Å². The minimum Gasteiger partial charge on any atom is -0.507 e. The maximum atomic E-state index is 12.0. The molecule has 0 spiro atoms. The molecule has 3 N–H and O–H groups in total. The van der Waals surface area contributed by atoms with Gasteiger partial charge in [-0.3, -0.25) is 4.79 Å². The number of aromatic hydroxyl groups is 1. The summed E-state index contributed by atoms with van der Waals surface area (Å²) in [6.07, 6.45) is 3.76. The van der Waals surface area contributed by atoms with Crippen LogP contribution in [0.25, 0.3) is 0 Å². The SMILES string of the molecule is C/C(=N\NC(=O)COc1ccccc1Cl)c1ccc(O)c(C[NH+]2CCCCC2)c1. The van der Waals surface area contributed by atoms with Gasteiger partial charge in [0.15, 0.2) is 6.61 Å². The number of benzene rings is 2. The molecule has 1 saturated heterocycles. The van der Waals surface area contributed by atoms with Gasteiger partial charge in [-0.15, -0.1) is 0 Å². The lowest BCUT2D eigenvalue weighted by Crippen LogP contribution is -3.11. The monoisotopic (exact) mass is 416 g/mol. The Labute approximate surface area is 176 Å².